The Bertz CT molecular complexity index is 653. The summed E-state index contributed by atoms with van der Waals surface area (Å²) in [5, 5.41) is 8.38. The smallest absolute Gasteiger partial charge is 0.418 e. The van der Waals surface area contributed by atoms with E-state index in [1.807, 2.05) is 0 Å². The monoisotopic (exact) mass is 266 g/mol. The average Bonchev–Trinajstić information content (AvgIpc) is 2.41. The van der Waals surface area contributed by atoms with Gasteiger partial charge in [0, 0.05) is 12.1 Å². The molecule has 1 aliphatic heterocycles. The van der Waals surface area contributed by atoms with Crippen LogP contribution in [0, 0.1) is 0 Å². The molecule has 8 nitrogen and oxygen atoms in total. The molecule has 1 aromatic rings. The number of aliphatic carboxylic acids is 1. The molecule has 0 saturated heterocycles. The number of hydrogen-bond donors (Lipinski definition) is 1. The lowest BCUT2D eigenvalue weighted by atomic mass is 10.1. The molecule has 1 unspecified atom stereocenters. The second kappa shape index (κ2) is 4.48. The van der Waals surface area contributed by atoms with Crippen molar-refractivity contribution in [2.45, 2.75) is 12.5 Å². The minimum Gasteiger partial charge on any atom is -0.473 e. The predicted octanol–water partition coefficient (Wildman–Crippen LogP) is -0.595. The van der Waals surface area contributed by atoms with E-state index >= 15 is 0 Å². The van der Waals surface area contributed by atoms with Crippen LogP contribution in [-0.4, -0.2) is 34.7 Å². The van der Waals surface area contributed by atoms with Gasteiger partial charge in [-0.2, -0.15) is 0 Å². The van der Waals surface area contributed by atoms with Gasteiger partial charge in [-0.05, 0) is 0 Å². The summed E-state index contributed by atoms with van der Waals surface area (Å²) in [4.78, 5) is 55.9. The molecule has 2 bridgehead atoms. The highest BCUT2D eigenvalue weighted by molar-refractivity contribution is 6.29. The number of carboxylic acids is 1. The third-order valence-electron chi connectivity index (χ3n) is 2.37. The van der Waals surface area contributed by atoms with Crippen LogP contribution in [0.1, 0.15) is 27.5 Å². The Labute approximate surface area is 104 Å². The number of esters is 1. The zero-order valence-electron chi connectivity index (χ0n) is 9.24. The number of carbonyl (C=O) groups excluding carboxylic acids is 3. The molecular formula is C11H6O8. The Morgan fingerprint density at radius 1 is 1.21 bits per heavy atom. The number of hydrogen-bond acceptors (Lipinski definition) is 7. The summed E-state index contributed by atoms with van der Waals surface area (Å²) in [5.74, 6) is -5.99. The van der Waals surface area contributed by atoms with E-state index in [2.05, 4.69) is 4.74 Å². The highest BCUT2D eigenvalue weighted by Gasteiger charge is 2.35. The summed E-state index contributed by atoms with van der Waals surface area (Å²) in [6, 6.07) is 1.74. The predicted molar refractivity (Wildman–Crippen MR) is 55.8 cm³/mol. The van der Waals surface area contributed by atoms with Gasteiger partial charge in [-0.25, -0.2) is 9.59 Å². The van der Waals surface area contributed by atoms with Crippen molar-refractivity contribution < 1.29 is 33.4 Å². The molecule has 0 saturated carbocycles. The molecule has 0 fully saturated rings. The normalized spacial score (nSPS) is 17.8. The number of Topliss-reactive ketones (excluding diaryl/α,β-unsaturated/α-hetero) is 2. The summed E-state index contributed by atoms with van der Waals surface area (Å²) >= 11 is 0. The molecule has 0 aromatic carbocycles. The van der Waals surface area contributed by atoms with E-state index in [9.17, 15) is 24.0 Å². The van der Waals surface area contributed by atoms with E-state index in [1.165, 1.54) is 0 Å². The summed E-state index contributed by atoms with van der Waals surface area (Å²) in [5.41, 5.74) is -0.608. The van der Waals surface area contributed by atoms with Crippen molar-refractivity contribution in [2.24, 2.45) is 0 Å². The van der Waals surface area contributed by atoms with Crippen molar-refractivity contribution in [3.63, 3.8) is 0 Å². The Kier molecular flexibility index (Phi) is 2.99. The first-order valence-corrected chi connectivity index (χ1v) is 5.05. The summed E-state index contributed by atoms with van der Waals surface area (Å²) in [6.45, 7) is 0. The van der Waals surface area contributed by atoms with Gasteiger partial charge in [-0.1, -0.05) is 0 Å². The molecule has 1 aliphatic rings. The highest BCUT2D eigenvalue weighted by Crippen LogP contribution is 2.18. The molecule has 0 aliphatic carbocycles. The van der Waals surface area contributed by atoms with Crippen molar-refractivity contribution >= 4 is 23.5 Å². The van der Waals surface area contributed by atoms with Crippen LogP contribution < -0.4 is 5.43 Å². The Balaban J connectivity index is 2.37. The number of ether oxygens (including phenoxy) is 1. The molecule has 1 N–H and O–H groups in total. The summed E-state index contributed by atoms with van der Waals surface area (Å²) in [6.07, 6.45) is -2.19. The van der Waals surface area contributed by atoms with Crippen LogP contribution >= 0.6 is 0 Å². The van der Waals surface area contributed by atoms with Crippen molar-refractivity contribution in [2.75, 3.05) is 0 Å². The van der Waals surface area contributed by atoms with Crippen LogP contribution in [0.15, 0.2) is 21.3 Å². The van der Waals surface area contributed by atoms with Gasteiger partial charge < -0.3 is 14.3 Å². The zero-order valence-corrected chi connectivity index (χ0v) is 9.24. The molecular weight excluding hydrogens is 260 g/mol. The third-order valence-corrected chi connectivity index (χ3v) is 2.37. The SMILES string of the molecule is O=C(O)C(=O)OC1CC(=O)c2cc(=O)cc(o2)C1=O. The van der Waals surface area contributed by atoms with E-state index in [-0.39, 0.29) is 5.76 Å². The lowest BCUT2D eigenvalue weighted by Gasteiger charge is -2.10. The van der Waals surface area contributed by atoms with Gasteiger partial charge in [0.1, 0.15) is 0 Å². The first kappa shape index (κ1) is 12.7. The maximum absolute atomic E-state index is 11.8. The minimum atomic E-state index is -1.89. The van der Waals surface area contributed by atoms with E-state index in [1.54, 1.807) is 0 Å². The quantitative estimate of drug-likeness (QED) is 0.527. The number of carboxylic acid groups (broad SMARTS) is 1. The van der Waals surface area contributed by atoms with Crippen LogP contribution in [0.25, 0.3) is 0 Å². The van der Waals surface area contributed by atoms with Gasteiger partial charge in [-0.15, -0.1) is 0 Å². The van der Waals surface area contributed by atoms with Gasteiger partial charge in [0.25, 0.3) is 0 Å². The van der Waals surface area contributed by atoms with Crippen LogP contribution in [0.2, 0.25) is 0 Å². The highest BCUT2D eigenvalue weighted by atomic mass is 16.6. The Hall–Kier alpha value is -2.77. The van der Waals surface area contributed by atoms with Crippen molar-refractivity contribution in [1.29, 1.82) is 0 Å². The van der Waals surface area contributed by atoms with Gasteiger partial charge in [0.05, 0.1) is 6.42 Å². The molecule has 1 aromatic heterocycles. The van der Waals surface area contributed by atoms with E-state index in [0.29, 0.717) is 0 Å². The third kappa shape index (κ3) is 2.41. The Morgan fingerprint density at radius 2 is 1.84 bits per heavy atom. The minimum absolute atomic E-state index is 0.329. The molecule has 98 valence electrons. The molecule has 0 spiro atoms. The van der Waals surface area contributed by atoms with Crippen molar-refractivity contribution in [1.82, 2.24) is 0 Å². The number of rotatable bonds is 1. The number of carbonyl (C=O) groups is 4. The van der Waals surface area contributed by atoms with Crippen LogP contribution in [0.3, 0.4) is 0 Å². The van der Waals surface area contributed by atoms with E-state index < -0.39 is 47.2 Å². The van der Waals surface area contributed by atoms with Crippen LogP contribution in [0.5, 0.6) is 0 Å². The lowest BCUT2D eigenvalue weighted by molar-refractivity contribution is -0.165. The number of fused-ring (bicyclic) bond motifs is 2. The average molecular weight is 266 g/mol. The van der Waals surface area contributed by atoms with E-state index in [0.717, 1.165) is 12.1 Å². The molecule has 2 heterocycles. The fraction of sp³-hybridized carbons (Fsp3) is 0.182. The molecule has 0 radical (unpaired) electrons. The van der Waals surface area contributed by atoms with Crippen LogP contribution in [-0.2, 0) is 14.3 Å². The number of ketones is 2. The topological polar surface area (TPSA) is 128 Å². The van der Waals surface area contributed by atoms with Gasteiger partial charge in [0.2, 0.25) is 11.6 Å². The molecule has 1 atom stereocenters. The zero-order chi connectivity index (χ0) is 14.2. The fourth-order valence-electron chi connectivity index (χ4n) is 1.53. The first-order chi connectivity index (χ1) is 8.88. The van der Waals surface area contributed by atoms with Gasteiger partial charge >= 0.3 is 11.9 Å². The van der Waals surface area contributed by atoms with Crippen molar-refractivity contribution in [3.05, 3.63) is 33.9 Å². The maximum atomic E-state index is 11.8. The second-order valence-corrected chi connectivity index (χ2v) is 3.71. The maximum Gasteiger partial charge on any atom is 0.418 e. The first-order valence-electron chi connectivity index (χ1n) is 5.05. The van der Waals surface area contributed by atoms with E-state index in [4.69, 9.17) is 9.52 Å². The largest absolute Gasteiger partial charge is 0.473 e. The molecule has 2 rings (SSSR count). The fourth-order valence-corrected chi connectivity index (χ4v) is 1.53. The summed E-state index contributed by atoms with van der Waals surface area (Å²) in [7, 11) is 0. The standard InChI is InChI=1S/C11H6O8/c12-4-1-6-5(13)3-8(19-11(17)10(15)16)9(14)7(2-4)18-6/h1-2,8H,3H2,(H,15,16). The molecule has 0 amide bonds. The van der Waals surface area contributed by atoms with Crippen LogP contribution in [0.4, 0.5) is 0 Å². The molecule has 8 heteroatoms. The summed E-state index contributed by atoms with van der Waals surface area (Å²) < 4.78 is 9.27. The van der Waals surface area contributed by atoms with Gasteiger partial charge in [-0.3, -0.25) is 14.4 Å². The second-order valence-electron chi connectivity index (χ2n) is 3.71. The Morgan fingerprint density at radius 3 is 2.47 bits per heavy atom. The van der Waals surface area contributed by atoms with Gasteiger partial charge in [0.15, 0.2) is 23.1 Å². The molecule has 19 heavy (non-hydrogen) atoms. The lowest BCUT2D eigenvalue weighted by Crippen LogP contribution is -2.31. The van der Waals surface area contributed by atoms with Crippen molar-refractivity contribution in [3.8, 4) is 0 Å².